The van der Waals surface area contributed by atoms with Crippen LogP contribution in [-0.4, -0.2) is 49.3 Å². The molecule has 3 heteroatoms. The zero-order chi connectivity index (χ0) is 12.5. The number of hydrogen-bond donors (Lipinski definition) is 1. The Bertz CT molecular complexity index is 259. The Morgan fingerprint density at radius 3 is 2.65 bits per heavy atom. The zero-order valence-electron chi connectivity index (χ0n) is 11.9. The molecule has 1 N–H and O–H groups in total. The van der Waals surface area contributed by atoms with Gasteiger partial charge in [-0.05, 0) is 32.1 Å². The van der Waals surface area contributed by atoms with Gasteiger partial charge in [-0.1, -0.05) is 13.8 Å². The molecular formula is C14H28N2O. The van der Waals surface area contributed by atoms with E-state index in [0.29, 0.717) is 5.41 Å². The van der Waals surface area contributed by atoms with Crippen LogP contribution in [0.5, 0.6) is 0 Å². The molecule has 0 aromatic heterocycles. The lowest BCUT2D eigenvalue weighted by Gasteiger charge is -2.45. The number of ether oxygens (including phenoxy) is 1. The summed E-state index contributed by atoms with van der Waals surface area (Å²) in [6, 6.07) is 0.812. The van der Waals surface area contributed by atoms with Crippen molar-refractivity contribution in [2.75, 3.05) is 32.8 Å². The second kappa shape index (κ2) is 4.87. The van der Waals surface area contributed by atoms with E-state index in [1.54, 1.807) is 0 Å². The molecule has 1 heterocycles. The van der Waals surface area contributed by atoms with Crippen molar-refractivity contribution in [1.82, 2.24) is 10.2 Å². The van der Waals surface area contributed by atoms with Crippen LogP contribution in [0.15, 0.2) is 0 Å². The Hall–Kier alpha value is -0.120. The van der Waals surface area contributed by atoms with Crippen LogP contribution < -0.4 is 5.32 Å². The first-order valence-corrected chi connectivity index (χ1v) is 6.95. The number of nitrogens with one attached hydrogen (secondary N) is 1. The molecule has 0 atom stereocenters. The van der Waals surface area contributed by atoms with Gasteiger partial charge in [0.2, 0.25) is 0 Å². The van der Waals surface area contributed by atoms with Gasteiger partial charge < -0.3 is 10.1 Å². The average Bonchev–Trinajstić information content (AvgIpc) is 3.02. The molecule has 1 aliphatic carbocycles. The third-order valence-electron chi connectivity index (χ3n) is 3.88. The van der Waals surface area contributed by atoms with E-state index in [4.69, 9.17) is 4.74 Å². The van der Waals surface area contributed by atoms with Crippen LogP contribution in [0.4, 0.5) is 0 Å². The van der Waals surface area contributed by atoms with Gasteiger partial charge in [-0.3, -0.25) is 4.90 Å². The number of hydrogen-bond acceptors (Lipinski definition) is 3. The van der Waals surface area contributed by atoms with E-state index >= 15 is 0 Å². The number of nitrogens with zero attached hydrogens (tertiary/aromatic N) is 1. The van der Waals surface area contributed by atoms with Gasteiger partial charge in [0.25, 0.3) is 0 Å². The second-order valence-corrected chi connectivity index (χ2v) is 7.11. The first-order chi connectivity index (χ1) is 7.89. The van der Waals surface area contributed by atoms with Crippen molar-refractivity contribution >= 4 is 0 Å². The minimum atomic E-state index is 0.190. The maximum Gasteiger partial charge on any atom is 0.0645 e. The van der Waals surface area contributed by atoms with E-state index in [9.17, 15) is 0 Å². The Morgan fingerprint density at radius 1 is 1.35 bits per heavy atom. The average molecular weight is 240 g/mol. The van der Waals surface area contributed by atoms with Crippen molar-refractivity contribution in [2.45, 2.75) is 52.1 Å². The standard InChI is InChI=1S/C14H28N2O/c1-13(2,9-15-12-5-6-12)10-16-7-8-17-11-14(16,3)4/h12,15H,5-11H2,1-4H3. The van der Waals surface area contributed by atoms with E-state index in [-0.39, 0.29) is 5.54 Å². The summed E-state index contributed by atoms with van der Waals surface area (Å²) in [6.07, 6.45) is 2.75. The van der Waals surface area contributed by atoms with Crippen LogP contribution in [0, 0.1) is 5.41 Å². The number of rotatable bonds is 5. The van der Waals surface area contributed by atoms with Crippen LogP contribution in [0.1, 0.15) is 40.5 Å². The predicted molar refractivity (Wildman–Crippen MR) is 71.3 cm³/mol. The molecule has 1 aliphatic heterocycles. The molecular weight excluding hydrogens is 212 g/mol. The Morgan fingerprint density at radius 2 is 2.06 bits per heavy atom. The molecule has 2 aliphatic rings. The topological polar surface area (TPSA) is 24.5 Å². The normalized spacial score (nSPS) is 26.1. The van der Waals surface area contributed by atoms with E-state index in [0.717, 1.165) is 38.9 Å². The molecule has 2 fully saturated rings. The lowest BCUT2D eigenvalue weighted by atomic mass is 9.89. The fourth-order valence-corrected chi connectivity index (χ4v) is 2.46. The first kappa shape index (κ1) is 13.3. The van der Waals surface area contributed by atoms with Gasteiger partial charge in [-0.15, -0.1) is 0 Å². The molecule has 0 bridgehead atoms. The molecule has 0 aromatic rings. The summed E-state index contributed by atoms with van der Waals surface area (Å²) in [5, 5.41) is 3.66. The van der Waals surface area contributed by atoms with Gasteiger partial charge in [-0.2, -0.15) is 0 Å². The van der Waals surface area contributed by atoms with Gasteiger partial charge in [0.15, 0.2) is 0 Å². The third kappa shape index (κ3) is 3.94. The Labute approximate surface area is 106 Å². The fourth-order valence-electron chi connectivity index (χ4n) is 2.46. The summed E-state index contributed by atoms with van der Waals surface area (Å²) in [5.41, 5.74) is 0.534. The van der Waals surface area contributed by atoms with Crippen molar-refractivity contribution < 1.29 is 4.74 Å². The lowest BCUT2D eigenvalue weighted by Crippen LogP contribution is -2.56. The molecule has 1 saturated carbocycles. The Balaban J connectivity index is 1.83. The summed E-state index contributed by atoms with van der Waals surface area (Å²) < 4.78 is 5.58. The highest BCUT2D eigenvalue weighted by molar-refractivity contribution is 4.90. The molecule has 3 nitrogen and oxygen atoms in total. The van der Waals surface area contributed by atoms with Crippen LogP contribution in [0.2, 0.25) is 0 Å². The molecule has 0 amide bonds. The van der Waals surface area contributed by atoms with Gasteiger partial charge in [0.05, 0.1) is 13.2 Å². The third-order valence-corrected chi connectivity index (χ3v) is 3.88. The fraction of sp³-hybridized carbons (Fsp3) is 1.00. The minimum Gasteiger partial charge on any atom is -0.378 e. The molecule has 17 heavy (non-hydrogen) atoms. The summed E-state index contributed by atoms with van der Waals surface area (Å²) in [7, 11) is 0. The van der Waals surface area contributed by atoms with E-state index in [2.05, 4.69) is 37.9 Å². The lowest BCUT2D eigenvalue weighted by molar-refractivity contribution is -0.0644. The van der Waals surface area contributed by atoms with Gasteiger partial charge in [0.1, 0.15) is 0 Å². The molecule has 100 valence electrons. The van der Waals surface area contributed by atoms with Crippen LogP contribution in [0.3, 0.4) is 0 Å². The SMILES string of the molecule is CC(C)(CNC1CC1)CN1CCOCC1(C)C. The predicted octanol–water partition coefficient (Wildman–Crippen LogP) is 1.88. The Kier molecular flexibility index (Phi) is 3.81. The quantitative estimate of drug-likeness (QED) is 0.794. The monoisotopic (exact) mass is 240 g/mol. The van der Waals surface area contributed by atoms with Crippen molar-refractivity contribution in [3.05, 3.63) is 0 Å². The highest BCUT2D eigenvalue weighted by Crippen LogP contribution is 2.26. The maximum atomic E-state index is 5.58. The van der Waals surface area contributed by atoms with E-state index in [1.165, 1.54) is 12.8 Å². The van der Waals surface area contributed by atoms with E-state index < -0.39 is 0 Å². The highest BCUT2D eigenvalue weighted by atomic mass is 16.5. The smallest absolute Gasteiger partial charge is 0.0645 e. The zero-order valence-corrected chi connectivity index (χ0v) is 11.9. The minimum absolute atomic E-state index is 0.190. The molecule has 0 spiro atoms. The molecule has 0 aromatic carbocycles. The maximum absolute atomic E-state index is 5.58. The van der Waals surface area contributed by atoms with Gasteiger partial charge in [-0.25, -0.2) is 0 Å². The summed E-state index contributed by atoms with van der Waals surface area (Å²) >= 11 is 0. The van der Waals surface area contributed by atoms with E-state index in [1.807, 2.05) is 0 Å². The summed E-state index contributed by atoms with van der Waals surface area (Å²) in [6.45, 7) is 14.4. The molecule has 0 radical (unpaired) electrons. The van der Waals surface area contributed by atoms with Crippen molar-refractivity contribution in [2.24, 2.45) is 5.41 Å². The van der Waals surface area contributed by atoms with Crippen LogP contribution >= 0.6 is 0 Å². The summed E-state index contributed by atoms with van der Waals surface area (Å²) in [5.74, 6) is 0. The van der Waals surface area contributed by atoms with Crippen molar-refractivity contribution in [3.63, 3.8) is 0 Å². The first-order valence-electron chi connectivity index (χ1n) is 6.95. The van der Waals surface area contributed by atoms with Crippen LogP contribution in [-0.2, 0) is 4.74 Å². The summed E-state index contributed by atoms with van der Waals surface area (Å²) in [4.78, 5) is 2.59. The largest absolute Gasteiger partial charge is 0.378 e. The molecule has 0 unspecified atom stereocenters. The molecule has 2 rings (SSSR count). The molecule has 1 saturated heterocycles. The second-order valence-electron chi connectivity index (χ2n) is 7.11. The van der Waals surface area contributed by atoms with Crippen molar-refractivity contribution in [3.8, 4) is 0 Å². The van der Waals surface area contributed by atoms with Crippen LogP contribution in [0.25, 0.3) is 0 Å². The highest BCUT2D eigenvalue weighted by Gasteiger charge is 2.35. The van der Waals surface area contributed by atoms with Gasteiger partial charge in [0, 0.05) is 31.2 Å². The van der Waals surface area contributed by atoms with Crippen molar-refractivity contribution in [1.29, 1.82) is 0 Å². The van der Waals surface area contributed by atoms with Gasteiger partial charge >= 0.3 is 0 Å². The number of morpholine rings is 1.